The van der Waals surface area contributed by atoms with Gasteiger partial charge in [-0.3, -0.25) is 0 Å². The number of ether oxygens (including phenoxy) is 1. The number of aryl methyl sites for hydroxylation is 3. The van der Waals surface area contributed by atoms with E-state index in [-0.39, 0.29) is 22.0 Å². The summed E-state index contributed by atoms with van der Waals surface area (Å²) < 4.78 is 6.11. The van der Waals surface area contributed by atoms with Crippen molar-refractivity contribution in [2.45, 2.75) is 138 Å². The van der Waals surface area contributed by atoms with Gasteiger partial charge in [0.1, 0.15) is 17.2 Å². The molecule has 46 heavy (non-hydrogen) atoms. The van der Waals surface area contributed by atoms with E-state index < -0.39 is 5.97 Å². The highest BCUT2D eigenvalue weighted by atomic mass is 16.5. The smallest absolute Gasteiger partial charge is 0.336 e. The lowest BCUT2D eigenvalue weighted by atomic mass is 9.77. The van der Waals surface area contributed by atoms with Crippen LogP contribution in [0.2, 0.25) is 0 Å². The van der Waals surface area contributed by atoms with Gasteiger partial charge in [0, 0.05) is 23.6 Å². The van der Waals surface area contributed by atoms with E-state index in [0.29, 0.717) is 17.9 Å². The summed E-state index contributed by atoms with van der Waals surface area (Å²) in [6.07, 6.45) is 8.54. The molecule has 0 radical (unpaired) electrons. The van der Waals surface area contributed by atoms with Gasteiger partial charge in [0.05, 0.1) is 0 Å². The maximum atomic E-state index is 13.6. The van der Waals surface area contributed by atoms with E-state index in [1.54, 1.807) is 6.07 Å². The van der Waals surface area contributed by atoms with Crippen molar-refractivity contribution < 1.29 is 19.7 Å². The second-order valence-electron chi connectivity index (χ2n) is 15.4. The highest BCUT2D eigenvalue weighted by molar-refractivity contribution is 5.89. The third kappa shape index (κ3) is 8.63. The largest absolute Gasteiger partial charge is 0.508 e. The van der Waals surface area contributed by atoms with Gasteiger partial charge >= 0.3 is 5.97 Å². The molecule has 0 saturated carbocycles. The summed E-state index contributed by atoms with van der Waals surface area (Å²) in [6.45, 7) is 25.4. The SMILES string of the molecule is CCCCc1cc(C)cc(Cc2cc(C)cc(C(C)(C)C)c2C=CC(=O)Oc2cc(C(C)(C)CC)c(O)cc2C(C)(C)CC)c1O. The summed E-state index contributed by atoms with van der Waals surface area (Å²) in [5, 5.41) is 22.3. The summed E-state index contributed by atoms with van der Waals surface area (Å²) >= 11 is 0. The number of carbonyl (C=O) groups excluding carboxylic acids is 1. The van der Waals surface area contributed by atoms with Crippen molar-refractivity contribution in [2.75, 3.05) is 0 Å². The van der Waals surface area contributed by atoms with Gasteiger partial charge in [-0.05, 0) is 102 Å². The van der Waals surface area contributed by atoms with Crippen LogP contribution in [0.4, 0.5) is 0 Å². The number of benzene rings is 3. The minimum Gasteiger partial charge on any atom is -0.508 e. The molecule has 0 atom stereocenters. The van der Waals surface area contributed by atoms with E-state index in [4.69, 9.17) is 4.74 Å². The van der Waals surface area contributed by atoms with Crippen LogP contribution in [0.1, 0.15) is 145 Å². The molecule has 0 aromatic heterocycles. The first-order valence-corrected chi connectivity index (χ1v) is 17.1. The van der Waals surface area contributed by atoms with Gasteiger partial charge in [0.2, 0.25) is 0 Å². The highest BCUT2D eigenvalue weighted by Crippen LogP contribution is 2.43. The molecule has 0 spiro atoms. The number of phenolic OH excluding ortho intramolecular Hbond substituents is 2. The zero-order chi connectivity index (χ0) is 34.6. The Morgan fingerprint density at radius 1 is 0.739 bits per heavy atom. The van der Waals surface area contributed by atoms with Gasteiger partial charge in [0.15, 0.2) is 0 Å². The molecule has 0 heterocycles. The lowest BCUT2D eigenvalue weighted by molar-refractivity contribution is -0.129. The maximum Gasteiger partial charge on any atom is 0.336 e. The summed E-state index contributed by atoms with van der Waals surface area (Å²) in [6, 6.07) is 12.1. The van der Waals surface area contributed by atoms with Crippen LogP contribution in [0, 0.1) is 13.8 Å². The van der Waals surface area contributed by atoms with E-state index in [2.05, 4.69) is 107 Å². The van der Waals surface area contributed by atoms with Gasteiger partial charge in [-0.25, -0.2) is 4.79 Å². The van der Waals surface area contributed by atoms with Gasteiger partial charge in [-0.15, -0.1) is 0 Å². The van der Waals surface area contributed by atoms with Gasteiger partial charge in [0.25, 0.3) is 0 Å². The molecule has 250 valence electrons. The molecule has 0 aliphatic rings. The van der Waals surface area contributed by atoms with Crippen LogP contribution < -0.4 is 4.74 Å². The van der Waals surface area contributed by atoms with Crippen LogP contribution in [-0.4, -0.2) is 16.2 Å². The van der Waals surface area contributed by atoms with Crippen LogP contribution in [0.3, 0.4) is 0 Å². The van der Waals surface area contributed by atoms with Crippen molar-refractivity contribution in [3.63, 3.8) is 0 Å². The maximum absolute atomic E-state index is 13.6. The Bertz CT molecular complexity index is 1580. The molecule has 4 nitrogen and oxygen atoms in total. The number of carbonyl (C=O) groups is 1. The number of unbranched alkanes of at least 4 members (excludes halogenated alkanes) is 1. The van der Waals surface area contributed by atoms with Crippen molar-refractivity contribution in [1.29, 1.82) is 0 Å². The molecule has 0 unspecified atom stereocenters. The van der Waals surface area contributed by atoms with Crippen molar-refractivity contribution in [3.8, 4) is 17.2 Å². The number of hydrogen-bond acceptors (Lipinski definition) is 4. The number of hydrogen-bond donors (Lipinski definition) is 2. The Balaban J connectivity index is 2.11. The monoisotopic (exact) mass is 626 g/mol. The molecule has 0 aliphatic carbocycles. The van der Waals surface area contributed by atoms with E-state index >= 15 is 0 Å². The molecule has 0 bridgehead atoms. The second kappa shape index (κ2) is 14.5. The normalized spacial score (nSPS) is 12.6. The number of phenols is 2. The Hall–Kier alpha value is -3.53. The molecule has 2 N–H and O–H groups in total. The van der Waals surface area contributed by atoms with Crippen LogP contribution >= 0.6 is 0 Å². The predicted molar refractivity (Wildman–Crippen MR) is 194 cm³/mol. The van der Waals surface area contributed by atoms with Crippen LogP contribution in [0.5, 0.6) is 17.2 Å². The summed E-state index contributed by atoms with van der Waals surface area (Å²) in [7, 11) is 0. The highest BCUT2D eigenvalue weighted by Gasteiger charge is 2.30. The molecule has 3 aromatic carbocycles. The molecule has 0 fully saturated rings. The first kappa shape index (κ1) is 36.9. The van der Waals surface area contributed by atoms with E-state index in [1.807, 2.05) is 12.1 Å². The molecule has 0 saturated heterocycles. The molecule has 3 rings (SSSR count). The van der Waals surface area contributed by atoms with Crippen molar-refractivity contribution in [2.24, 2.45) is 0 Å². The van der Waals surface area contributed by atoms with E-state index in [1.165, 1.54) is 6.08 Å². The average Bonchev–Trinajstić information content (AvgIpc) is 2.97. The predicted octanol–water partition coefficient (Wildman–Crippen LogP) is 10.9. The fourth-order valence-electron chi connectivity index (χ4n) is 6.07. The van der Waals surface area contributed by atoms with Crippen LogP contribution in [0.25, 0.3) is 6.08 Å². The zero-order valence-electron chi connectivity index (χ0n) is 30.6. The summed E-state index contributed by atoms with van der Waals surface area (Å²) in [4.78, 5) is 13.6. The van der Waals surface area contributed by atoms with E-state index in [0.717, 1.165) is 82.2 Å². The first-order chi connectivity index (χ1) is 21.3. The molecule has 0 aliphatic heterocycles. The standard InChI is InChI=1S/C42H58O4/c1-13-16-17-29-20-27(4)22-31(39(29)45)24-30-21-28(5)23-33(40(6,7)8)32(30)18-19-38(44)46-37-26-34(41(9,10)14-2)36(43)25-35(37)42(11,12)15-3/h18-23,25-26,43,45H,13-17,24H2,1-12H3. The first-order valence-electron chi connectivity index (χ1n) is 17.1. The van der Waals surface area contributed by atoms with Crippen LogP contribution in [0.15, 0.2) is 42.5 Å². The lowest BCUT2D eigenvalue weighted by Crippen LogP contribution is -2.21. The lowest BCUT2D eigenvalue weighted by Gasteiger charge is -2.30. The third-order valence-corrected chi connectivity index (χ3v) is 9.73. The Kier molecular flexibility index (Phi) is 11.6. The fraction of sp³-hybridized carbons (Fsp3) is 0.500. The van der Waals surface area contributed by atoms with Gasteiger partial charge < -0.3 is 14.9 Å². The molecular weight excluding hydrogens is 568 g/mol. The van der Waals surface area contributed by atoms with Crippen molar-refractivity contribution >= 4 is 12.0 Å². The molecule has 0 amide bonds. The topological polar surface area (TPSA) is 66.8 Å². The van der Waals surface area contributed by atoms with Gasteiger partial charge in [-0.2, -0.15) is 0 Å². The summed E-state index contributed by atoms with van der Waals surface area (Å²) in [5.41, 5.74) is 8.13. The quantitative estimate of drug-likeness (QED) is 0.119. The Morgan fingerprint density at radius 3 is 1.89 bits per heavy atom. The molecular formula is C42H58O4. The van der Waals surface area contributed by atoms with Crippen LogP contribution in [-0.2, 0) is 33.9 Å². The number of esters is 1. The number of aromatic hydroxyl groups is 2. The Labute approximate surface area is 278 Å². The minimum absolute atomic E-state index is 0.179. The molecule has 3 aromatic rings. The second-order valence-corrected chi connectivity index (χ2v) is 15.4. The van der Waals surface area contributed by atoms with Crippen molar-refractivity contribution in [3.05, 3.63) is 92.5 Å². The average molecular weight is 627 g/mol. The van der Waals surface area contributed by atoms with Gasteiger partial charge in [-0.1, -0.05) is 111 Å². The summed E-state index contributed by atoms with van der Waals surface area (Å²) in [5.74, 6) is 0.623. The number of rotatable bonds is 12. The van der Waals surface area contributed by atoms with Crippen molar-refractivity contribution in [1.82, 2.24) is 0 Å². The third-order valence-electron chi connectivity index (χ3n) is 9.73. The molecule has 4 heteroatoms. The Morgan fingerprint density at radius 2 is 1.30 bits per heavy atom. The zero-order valence-corrected chi connectivity index (χ0v) is 30.6. The fourth-order valence-corrected chi connectivity index (χ4v) is 6.07. The minimum atomic E-state index is -0.467. The van der Waals surface area contributed by atoms with E-state index in [9.17, 15) is 15.0 Å².